The first-order valence-corrected chi connectivity index (χ1v) is 9.44. The zero-order valence-electron chi connectivity index (χ0n) is 17.0. The first-order chi connectivity index (χ1) is 14.1. The van der Waals surface area contributed by atoms with Crippen molar-refractivity contribution in [3.63, 3.8) is 0 Å². The van der Waals surface area contributed by atoms with E-state index in [1.807, 2.05) is 43.6 Å². The molecule has 3 aromatic rings. The molecule has 0 bridgehead atoms. The lowest BCUT2D eigenvalue weighted by Gasteiger charge is -2.22. The fourth-order valence-corrected chi connectivity index (χ4v) is 3.00. The summed E-state index contributed by atoms with van der Waals surface area (Å²) >= 11 is 0. The van der Waals surface area contributed by atoms with Gasteiger partial charge >= 0.3 is 0 Å². The van der Waals surface area contributed by atoms with Crippen molar-refractivity contribution in [3.8, 4) is 11.4 Å². The number of benzene rings is 2. The van der Waals surface area contributed by atoms with Gasteiger partial charge in [0, 0.05) is 39.8 Å². The van der Waals surface area contributed by atoms with Crippen LogP contribution in [-0.4, -0.2) is 48.4 Å². The van der Waals surface area contributed by atoms with E-state index in [4.69, 9.17) is 4.74 Å². The fourth-order valence-electron chi connectivity index (χ4n) is 3.00. The first-order valence-electron chi connectivity index (χ1n) is 9.44. The van der Waals surface area contributed by atoms with Crippen LogP contribution in [0.25, 0.3) is 5.69 Å². The first kappa shape index (κ1) is 20.4. The highest BCUT2D eigenvalue weighted by atomic mass is 19.1. The lowest BCUT2D eigenvalue weighted by molar-refractivity contribution is 0.414. The van der Waals surface area contributed by atoms with Crippen LogP contribution in [0.5, 0.6) is 5.75 Å². The number of hydrogen-bond donors (Lipinski definition) is 1. The molecule has 0 saturated heterocycles. The molecule has 0 saturated carbocycles. The summed E-state index contributed by atoms with van der Waals surface area (Å²) in [5, 5.41) is 7.92. The second kappa shape index (κ2) is 9.73. The molecule has 7 heteroatoms. The molecular formula is C22H26FN5O. The Balaban J connectivity index is 1.51. The molecule has 1 aromatic heterocycles. The molecule has 0 aliphatic heterocycles. The van der Waals surface area contributed by atoms with Crippen LogP contribution in [0.2, 0.25) is 0 Å². The van der Waals surface area contributed by atoms with E-state index in [1.165, 1.54) is 17.7 Å². The minimum absolute atomic E-state index is 0.254. The van der Waals surface area contributed by atoms with Gasteiger partial charge in [0.15, 0.2) is 5.96 Å². The number of nitrogens with one attached hydrogen (secondary N) is 1. The fraction of sp³-hybridized carbons (Fsp3) is 0.273. The van der Waals surface area contributed by atoms with E-state index in [2.05, 4.69) is 20.3 Å². The van der Waals surface area contributed by atoms with Crippen LogP contribution >= 0.6 is 0 Å². The smallest absolute Gasteiger partial charge is 0.193 e. The molecule has 1 N–H and O–H groups in total. The van der Waals surface area contributed by atoms with Crippen LogP contribution in [0.3, 0.4) is 0 Å². The Morgan fingerprint density at radius 1 is 1.14 bits per heavy atom. The minimum atomic E-state index is -0.254. The van der Waals surface area contributed by atoms with Crippen LogP contribution in [0.1, 0.15) is 11.3 Å². The normalized spacial score (nSPS) is 11.4. The molecule has 0 aliphatic rings. The van der Waals surface area contributed by atoms with Crippen LogP contribution in [-0.2, 0) is 13.0 Å². The van der Waals surface area contributed by atoms with Gasteiger partial charge in [-0.25, -0.2) is 9.07 Å². The van der Waals surface area contributed by atoms with Gasteiger partial charge in [0.05, 0.1) is 18.5 Å². The zero-order chi connectivity index (χ0) is 20.6. The molecule has 0 amide bonds. The van der Waals surface area contributed by atoms with Crippen LogP contribution in [0, 0.1) is 5.82 Å². The Morgan fingerprint density at radius 2 is 1.86 bits per heavy atom. The molecule has 0 radical (unpaired) electrons. The van der Waals surface area contributed by atoms with Gasteiger partial charge in [-0.05, 0) is 48.0 Å². The SMILES string of the molecule is CN=C(NCCc1ccn(-c2ccc(F)cc2)n1)N(C)Cc1ccc(OC)cc1. The van der Waals surface area contributed by atoms with Crippen LogP contribution < -0.4 is 10.1 Å². The Morgan fingerprint density at radius 3 is 2.52 bits per heavy atom. The number of aliphatic imine (C=N–C) groups is 1. The average Bonchev–Trinajstić information content (AvgIpc) is 3.21. The third kappa shape index (κ3) is 5.57. The van der Waals surface area contributed by atoms with Gasteiger partial charge in [0.2, 0.25) is 0 Å². The topological polar surface area (TPSA) is 54.7 Å². The van der Waals surface area contributed by atoms with Crippen molar-refractivity contribution in [3.05, 3.63) is 77.9 Å². The lowest BCUT2D eigenvalue weighted by Crippen LogP contribution is -2.39. The van der Waals surface area contributed by atoms with Crippen molar-refractivity contribution in [1.29, 1.82) is 0 Å². The van der Waals surface area contributed by atoms with Crippen molar-refractivity contribution in [2.24, 2.45) is 4.99 Å². The summed E-state index contributed by atoms with van der Waals surface area (Å²) in [4.78, 5) is 6.42. The number of halogens is 1. The summed E-state index contributed by atoms with van der Waals surface area (Å²) in [5.41, 5.74) is 2.96. The zero-order valence-corrected chi connectivity index (χ0v) is 17.0. The maximum atomic E-state index is 13.1. The number of aromatic nitrogens is 2. The number of hydrogen-bond acceptors (Lipinski definition) is 3. The van der Waals surface area contributed by atoms with Gasteiger partial charge in [-0.1, -0.05) is 12.1 Å². The number of rotatable bonds is 7. The van der Waals surface area contributed by atoms with Crippen molar-refractivity contribution < 1.29 is 9.13 Å². The monoisotopic (exact) mass is 395 g/mol. The highest BCUT2D eigenvalue weighted by Gasteiger charge is 2.08. The minimum Gasteiger partial charge on any atom is -0.497 e. The Labute approximate surface area is 170 Å². The van der Waals surface area contributed by atoms with E-state index >= 15 is 0 Å². The van der Waals surface area contributed by atoms with E-state index in [1.54, 1.807) is 31.0 Å². The van der Waals surface area contributed by atoms with E-state index in [0.717, 1.165) is 36.1 Å². The van der Waals surface area contributed by atoms with Gasteiger partial charge in [-0.15, -0.1) is 0 Å². The number of methoxy groups -OCH3 is 1. The quantitative estimate of drug-likeness (QED) is 0.493. The molecule has 3 rings (SSSR count). The molecule has 152 valence electrons. The highest BCUT2D eigenvalue weighted by molar-refractivity contribution is 5.79. The molecule has 29 heavy (non-hydrogen) atoms. The second-order valence-electron chi connectivity index (χ2n) is 6.66. The molecule has 6 nitrogen and oxygen atoms in total. The highest BCUT2D eigenvalue weighted by Crippen LogP contribution is 2.13. The largest absolute Gasteiger partial charge is 0.497 e. The molecule has 0 spiro atoms. The number of guanidine groups is 1. The third-order valence-electron chi connectivity index (χ3n) is 4.55. The van der Waals surface area contributed by atoms with Gasteiger partial charge in [-0.2, -0.15) is 5.10 Å². The summed E-state index contributed by atoms with van der Waals surface area (Å²) in [6.45, 7) is 1.45. The Kier molecular flexibility index (Phi) is 6.84. The summed E-state index contributed by atoms with van der Waals surface area (Å²) in [7, 11) is 5.44. The van der Waals surface area contributed by atoms with E-state index in [0.29, 0.717) is 6.54 Å². The number of nitrogens with zero attached hydrogens (tertiary/aromatic N) is 4. The predicted octanol–water partition coefficient (Wildman–Crippen LogP) is 3.27. The van der Waals surface area contributed by atoms with Crippen molar-refractivity contribution in [2.75, 3.05) is 27.7 Å². The molecule has 0 atom stereocenters. The maximum absolute atomic E-state index is 13.1. The van der Waals surface area contributed by atoms with E-state index in [-0.39, 0.29) is 5.82 Å². The standard InChI is InChI=1S/C22H26FN5O/c1-24-22(27(2)16-17-4-10-21(29-3)11-5-17)25-14-12-19-13-15-28(26-19)20-8-6-18(23)7-9-20/h4-11,13,15H,12,14,16H2,1-3H3,(H,24,25). The van der Waals surface area contributed by atoms with Crippen LogP contribution in [0.15, 0.2) is 65.8 Å². The van der Waals surface area contributed by atoms with Gasteiger partial charge in [-0.3, -0.25) is 4.99 Å². The summed E-state index contributed by atoms with van der Waals surface area (Å²) in [6, 6.07) is 16.3. The molecular weight excluding hydrogens is 369 g/mol. The van der Waals surface area contributed by atoms with Gasteiger partial charge in [0.1, 0.15) is 11.6 Å². The molecule has 0 fully saturated rings. The van der Waals surface area contributed by atoms with Crippen molar-refractivity contribution in [2.45, 2.75) is 13.0 Å². The predicted molar refractivity (Wildman–Crippen MR) is 113 cm³/mol. The Hall–Kier alpha value is -3.35. The molecule has 1 heterocycles. The summed E-state index contributed by atoms with van der Waals surface area (Å²) < 4.78 is 20.0. The van der Waals surface area contributed by atoms with Gasteiger partial charge < -0.3 is 15.0 Å². The second-order valence-corrected chi connectivity index (χ2v) is 6.66. The van der Waals surface area contributed by atoms with Crippen molar-refractivity contribution in [1.82, 2.24) is 20.0 Å². The maximum Gasteiger partial charge on any atom is 0.193 e. The van der Waals surface area contributed by atoms with E-state index in [9.17, 15) is 4.39 Å². The third-order valence-corrected chi connectivity index (χ3v) is 4.55. The van der Waals surface area contributed by atoms with Crippen molar-refractivity contribution >= 4 is 5.96 Å². The lowest BCUT2D eigenvalue weighted by atomic mass is 10.2. The average molecular weight is 395 g/mol. The van der Waals surface area contributed by atoms with Crippen LogP contribution in [0.4, 0.5) is 4.39 Å². The Bertz CT molecular complexity index is 935. The summed E-state index contributed by atoms with van der Waals surface area (Å²) in [6.07, 6.45) is 2.64. The van der Waals surface area contributed by atoms with E-state index < -0.39 is 0 Å². The van der Waals surface area contributed by atoms with Gasteiger partial charge in [0.25, 0.3) is 0 Å². The molecule has 2 aromatic carbocycles. The molecule has 0 aliphatic carbocycles. The molecule has 0 unspecified atom stereocenters. The summed E-state index contributed by atoms with van der Waals surface area (Å²) in [5.74, 6) is 1.41. The number of ether oxygens (including phenoxy) is 1.